The zero-order valence-corrected chi connectivity index (χ0v) is 9.17. The summed E-state index contributed by atoms with van der Waals surface area (Å²) in [6.07, 6.45) is 12.1. The van der Waals surface area contributed by atoms with E-state index in [0.29, 0.717) is 0 Å². The third-order valence-electron chi connectivity index (χ3n) is 4.44. The second-order valence-corrected chi connectivity index (χ2v) is 5.73. The van der Waals surface area contributed by atoms with Crippen LogP contribution < -0.4 is 5.32 Å². The van der Waals surface area contributed by atoms with Crippen molar-refractivity contribution >= 4 is 0 Å². The summed E-state index contributed by atoms with van der Waals surface area (Å²) in [5.74, 6) is 3.29. The van der Waals surface area contributed by atoms with Gasteiger partial charge in [-0.3, -0.25) is 0 Å². The van der Waals surface area contributed by atoms with Crippen molar-refractivity contribution in [2.24, 2.45) is 17.8 Å². The molecule has 0 heterocycles. The molecule has 0 saturated heterocycles. The van der Waals surface area contributed by atoms with Crippen LogP contribution >= 0.6 is 0 Å². The minimum atomic E-state index is 0.914. The second-order valence-electron chi connectivity index (χ2n) is 5.73. The smallest absolute Gasteiger partial charge is 0.00683 e. The van der Waals surface area contributed by atoms with Gasteiger partial charge in [0.25, 0.3) is 0 Å². The molecule has 1 N–H and O–H groups in total. The highest BCUT2D eigenvalue weighted by atomic mass is 14.9. The number of rotatable bonds is 4. The first-order valence-corrected chi connectivity index (χ1v) is 6.67. The van der Waals surface area contributed by atoms with Crippen molar-refractivity contribution in [2.75, 3.05) is 6.54 Å². The number of nitrogens with one attached hydrogen (secondary N) is 1. The Bertz CT molecular complexity index is 193. The molecule has 3 aliphatic carbocycles. The zero-order valence-electron chi connectivity index (χ0n) is 9.17. The zero-order chi connectivity index (χ0) is 9.38. The quantitative estimate of drug-likeness (QED) is 0.724. The van der Waals surface area contributed by atoms with E-state index in [9.17, 15) is 0 Å². The molecule has 80 valence electrons. The summed E-state index contributed by atoms with van der Waals surface area (Å²) < 4.78 is 0. The van der Waals surface area contributed by atoms with Gasteiger partial charge in [-0.1, -0.05) is 12.8 Å². The highest BCUT2D eigenvalue weighted by Gasteiger charge is 2.37. The summed E-state index contributed by atoms with van der Waals surface area (Å²) in [4.78, 5) is 0. The van der Waals surface area contributed by atoms with Crippen molar-refractivity contribution < 1.29 is 0 Å². The fraction of sp³-hybridized carbons (Fsp3) is 1.00. The van der Waals surface area contributed by atoms with Gasteiger partial charge in [0.1, 0.15) is 0 Å². The maximum absolute atomic E-state index is 3.74. The average Bonchev–Trinajstić information content (AvgIpc) is 3.07. The van der Waals surface area contributed by atoms with Crippen LogP contribution in [0.15, 0.2) is 0 Å². The van der Waals surface area contributed by atoms with Crippen molar-refractivity contribution in [3.63, 3.8) is 0 Å². The lowest BCUT2D eigenvalue weighted by atomic mass is 9.76. The van der Waals surface area contributed by atoms with Gasteiger partial charge in [-0.25, -0.2) is 0 Å². The summed E-state index contributed by atoms with van der Waals surface area (Å²) in [6, 6.07) is 0.914. The molecule has 0 spiro atoms. The van der Waals surface area contributed by atoms with Gasteiger partial charge >= 0.3 is 0 Å². The number of hydrogen-bond acceptors (Lipinski definition) is 1. The van der Waals surface area contributed by atoms with Crippen molar-refractivity contribution in [2.45, 2.75) is 57.4 Å². The Labute approximate surface area is 87.7 Å². The highest BCUT2D eigenvalue weighted by Crippen LogP contribution is 2.46. The van der Waals surface area contributed by atoms with E-state index in [-0.39, 0.29) is 0 Å². The van der Waals surface area contributed by atoms with Gasteiger partial charge < -0.3 is 5.32 Å². The maximum Gasteiger partial charge on any atom is 0.00683 e. The molecule has 0 aromatic heterocycles. The normalized spacial score (nSPS) is 38.6. The molecule has 0 aromatic carbocycles. The minimum Gasteiger partial charge on any atom is -0.314 e. The monoisotopic (exact) mass is 193 g/mol. The van der Waals surface area contributed by atoms with Crippen LogP contribution in [0.25, 0.3) is 0 Å². The van der Waals surface area contributed by atoms with Crippen LogP contribution in [0.2, 0.25) is 0 Å². The van der Waals surface area contributed by atoms with E-state index in [4.69, 9.17) is 0 Å². The van der Waals surface area contributed by atoms with Gasteiger partial charge in [0, 0.05) is 6.04 Å². The van der Waals surface area contributed by atoms with E-state index in [0.717, 1.165) is 23.8 Å². The molecule has 2 atom stereocenters. The molecule has 0 aromatic rings. The van der Waals surface area contributed by atoms with Gasteiger partial charge in [-0.15, -0.1) is 0 Å². The predicted octanol–water partition coefficient (Wildman–Crippen LogP) is 2.95. The topological polar surface area (TPSA) is 12.0 Å². The molecule has 0 bridgehead atoms. The first-order chi connectivity index (χ1) is 6.93. The highest BCUT2D eigenvalue weighted by molar-refractivity contribution is 4.90. The number of hydrogen-bond donors (Lipinski definition) is 1. The third kappa shape index (κ3) is 2.13. The Morgan fingerprint density at radius 2 is 1.64 bits per heavy atom. The lowest BCUT2D eigenvalue weighted by Gasteiger charge is -2.32. The molecule has 0 radical (unpaired) electrons. The molecule has 3 fully saturated rings. The van der Waals surface area contributed by atoms with Crippen LogP contribution in [-0.4, -0.2) is 12.6 Å². The Morgan fingerprint density at radius 3 is 2.36 bits per heavy atom. The summed E-state index contributed by atoms with van der Waals surface area (Å²) in [5, 5.41) is 3.74. The minimum absolute atomic E-state index is 0.914. The molecular formula is C13H23N. The van der Waals surface area contributed by atoms with Gasteiger partial charge in [-0.2, -0.15) is 0 Å². The first-order valence-electron chi connectivity index (χ1n) is 6.67. The maximum atomic E-state index is 3.74. The van der Waals surface area contributed by atoms with E-state index in [1.807, 2.05) is 0 Å². The molecule has 0 aliphatic heterocycles. The molecule has 0 amide bonds. The standard InChI is InChI=1S/C13H23N/c1-2-4-13(10-5-6-10)11(3-1)9-14-12-7-8-12/h10-14H,1-9H2. The van der Waals surface area contributed by atoms with Gasteiger partial charge in [-0.05, 0) is 62.8 Å². The Morgan fingerprint density at radius 1 is 0.857 bits per heavy atom. The lowest BCUT2D eigenvalue weighted by Crippen LogP contribution is -2.32. The molecule has 3 aliphatic rings. The van der Waals surface area contributed by atoms with Crippen LogP contribution in [0.5, 0.6) is 0 Å². The largest absolute Gasteiger partial charge is 0.314 e. The summed E-state index contributed by atoms with van der Waals surface area (Å²) in [6.45, 7) is 1.34. The third-order valence-corrected chi connectivity index (χ3v) is 4.44. The summed E-state index contributed by atoms with van der Waals surface area (Å²) >= 11 is 0. The van der Waals surface area contributed by atoms with Gasteiger partial charge in [0.15, 0.2) is 0 Å². The SMILES string of the molecule is C1CCC(C2CC2)C(CNC2CC2)C1. The Balaban J connectivity index is 1.50. The molecule has 14 heavy (non-hydrogen) atoms. The predicted molar refractivity (Wildman–Crippen MR) is 59.2 cm³/mol. The van der Waals surface area contributed by atoms with Gasteiger partial charge in [0.05, 0.1) is 0 Å². The molecule has 3 rings (SSSR count). The van der Waals surface area contributed by atoms with Gasteiger partial charge in [0.2, 0.25) is 0 Å². The van der Waals surface area contributed by atoms with E-state index < -0.39 is 0 Å². The van der Waals surface area contributed by atoms with Crippen molar-refractivity contribution in [3.05, 3.63) is 0 Å². The fourth-order valence-electron chi connectivity index (χ4n) is 3.24. The molecule has 1 heteroatoms. The Hall–Kier alpha value is -0.0400. The summed E-state index contributed by atoms with van der Waals surface area (Å²) in [7, 11) is 0. The molecule has 2 unspecified atom stereocenters. The van der Waals surface area contributed by atoms with E-state index in [2.05, 4.69) is 5.32 Å². The molecular weight excluding hydrogens is 170 g/mol. The summed E-state index contributed by atoms with van der Waals surface area (Å²) in [5.41, 5.74) is 0. The van der Waals surface area contributed by atoms with Crippen molar-refractivity contribution in [3.8, 4) is 0 Å². The van der Waals surface area contributed by atoms with Crippen LogP contribution in [0.4, 0.5) is 0 Å². The average molecular weight is 193 g/mol. The molecule has 1 nitrogen and oxygen atoms in total. The van der Waals surface area contributed by atoms with E-state index in [1.165, 1.54) is 38.6 Å². The van der Waals surface area contributed by atoms with Crippen LogP contribution in [0, 0.1) is 17.8 Å². The second kappa shape index (κ2) is 3.84. The van der Waals surface area contributed by atoms with Crippen molar-refractivity contribution in [1.29, 1.82) is 0 Å². The fourth-order valence-corrected chi connectivity index (χ4v) is 3.24. The first kappa shape index (κ1) is 9.21. The Kier molecular flexibility index (Phi) is 2.53. The van der Waals surface area contributed by atoms with Crippen LogP contribution in [-0.2, 0) is 0 Å². The van der Waals surface area contributed by atoms with E-state index >= 15 is 0 Å². The van der Waals surface area contributed by atoms with Crippen molar-refractivity contribution in [1.82, 2.24) is 5.32 Å². The van der Waals surface area contributed by atoms with Crippen LogP contribution in [0.1, 0.15) is 51.4 Å². The van der Waals surface area contributed by atoms with Crippen LogP contribution in [0.3, 0.4) is 0 Å². The lowest BCUT2D eigenvalue weighted by molar-refractivity contribution is 0.204. The molecule has 3 saturated carbocycles. The van der Waals surface area contributed by atoms with E-state index in [1.54, 1.807) is 19.3 Å².